The van der Waals surface area contributed by atoms with Crippen LogP contribution in [0.5, 0.6) is 5.75 Å². The van der Waals surface area contributed by atoms with Crippen molar-refractivity contribution in [2.75, 3.05) is 40.0 Å². The minimum absolute atomic E-state index is 0.191. The minimum atomic E-state index is -4.52. The Labute approximate surface area is 210 Å². The number of nitrogens with zero attached hydrogens (tertiary/aromatic N) is 3. The van der Waals surface area contributed by atoms with Crippen LogP contribution in [0.1, 0.15) is 64.5 Å². The Morgan fingerprint density at radius 3 is 2.58 bits per heavy atom. The summed E-state index contributed by atoms with van der Waals surface area (Å²) in [6.45, 7) is 7.35. The molecule has 2 aliphatic heterocycles. The molecule has 1 aromatic carbocycles. The molecule has 3 heterocycles. The molecule has 0 unspecified atom stereocenters. The Balaban J connectivity index is 1.44. The maximum absolute atomic E-state index is 13.0. The van der Waals surface area contributed by atoms with Gasteiger partial charge < -0.3 is 14.4 Å². The van der Waals surface area contributed by atoms with Gasteiger partial charge in [-0.3, -0.25) is 14.7 Å². The van der Waals surface area contributed by atoms with Gasteiger partial charge in [-0.1, -0.05) is 6.07 Å². The molecule has 1 amide bonds. The number of benzene rings is 1. The number of pyridine rings is 1. The van der Waals surface area contributed by atoms with E-state index < -0.39 is 11.9 Å². The van der Waals surface area contributed by atoms with Crippen molar-refractivity contribution in [3.8, 4) is 5.75 Å². The first-order valence-electron chi connectivity index (χ1n) is 12.5. The highest BCUT2D eigenvalue weighted by Crippen LogP contribution is 2.39. The number of hydrogen-bond donors (Lipinski definition) is 0. The molecular formula is C27H34F3N3O3. The monoisotopic (exact) mass is 505 g/mol. The smallest absolute Gasteiger partial charge is 0.433 e. The van der Waals surface area contributed by atoms with Crippen LogP contribution < -0.4 is 4.74 Å². The van der Waals surface area contributed by atoms with Gasteiger partial charge in [0.1, 0.15) is 11.4 Å². The van der Waals surface area contributed by atoms with Crippen molar-refractivity contribution in [1.82, 2.24) is 14.8 Å². The molecule has 1 aromatic heterocycles. The van der Waals surface area contributed by atoms with Crippen molar-refractivity contribution >= 4 is 5.91 Å². The van der Waals surface area contributed by atoms with E-state index in [0.717, 1.165) is 55.8 Å². The molecule has 0 radical (unpaired) electrons. The number of aromatic nitrogens is 1. The Hall–Kier alpha value is -2.65. The molecule has 0 N–H and O–H groups in total. The van der Waals surface area contributed by atoms with Crippen LogP contribution in [0, 0.1) is 13.8 Å². The molecule has 2 saturated heterocycles. The molecule has 4 rings (SSSR count). The molecule has 0 aliphatic carbocycles. The zero-order valence-corrected chi connectivity index (χ0v) is 21.1. The van der Waals surface area contributed by atoms with E-state index in [1.54, 1.807) is 12.0 Å². The first-order chi connectivity index (χ1) is 17.2. The van der Waals surface area contributed by atoms with Gasteiger partial charge in [0.05, 0.1) is 12.2 Å². The van der Waals surface area contributed by atoms with E-state index >= 15 is 0 Å². The Bertz CT molecular complexity index is 1060. The quantitative estimate of drug-likeness (QED) is 0.485. The van der Waals surface area contributed by atoms with Gasteiger partial charge in [-0.05, 0) is 68.0 Å². The van der Waals surface area contributed by atoms with Crippen LogP contribution in [0.2, 0.25) is 0 Å². The fraction of sp³-hybridized carbons (Fsp3) is 0.556. The van der Waals surface area contributed by atoms with Crippen molar-refractivity contribution in [3.63, 3.8) is 0 Å². The summed E-state index contributed by atoms with van der Waals surface area (Å²) in [5.41, 5.74) is 2.88. The van der Waals surface area contributed by atoms with Gasteiger partial charge >= 0.3 is 6.18 Å². The van der Waals surface area contributed by atoms with Crippen LogP contribution in [-0.2, 0) is 10.9 Å². The summed E-state index contributed by atoms with van der Waals surface area (Å²) in [5, 5.41) is 0. The first kappa shape index (κ1) is 26.4. The van der Waals surface area contributed by atoms with Crippen LogP contribution in [0.25, 0.3) is 0 Å². The number of rotatable bonds is 7. The highest BCUT2D eigenvalue weighted by Gasteiger charge is 2.38. The number of piperazine rings is 1. The fourth-order valence-corrected chi connectivity index (χ4v) is 5.36. The maximum atomic E-state index is 13.0. The predicted molar refractivity (Wildman–Crippen MR) is 130 cm³/mol. The number of hydrogen-bond acceptors (Lipinski definition) is 5. The molecule has 196 valence electrons. The van der Waals surface area contributed by atoms with Crippen molar-refractivity contribution in [3.05, 3.63) is 58.4 Å². The van der Waals surface area contributed by atoms with Crippen LogP contribution in [0.15, 0.2) is 30.5 Å². The molecule has 9 heteroatoms. The van der Waals surface area contributed by atoms with Gasteiger partial charge in [-0.2, -0.15) is 13.2 Å². The molecular weight excluding hydrogens is 471 g/mol. The van der Waals surface area contributed by atoms with Crippen molar-refractivity contribution in [1.29, 1.82) is 0 Å². The Morgan fingerprint density at radius 1 is 1.08 bits per heavy atom. The number of amides is 1. The van der Waals surface area contributed by atoms with Crippen molar-refractivity contribution < 1.29 is 27.4 Å². The topological polar surface area (TPSA) is 54.9 Å². The van der Waals surface area contributed by atoms with Crippen molar-refractivity contribution in [2.24, 2.45) is 0 Å². The zero-order chi connectivity index (χ0) is 25.9. The van der Waals surface area contributed by atoms with E-state index in [2.05, 4.69) is 35.9 Å². The number of alkyl halides is 3. The Morgan fingerprint density at radius 2 is 1.89 bits per heavy atom. The summed E-state index contributed by atoms with van der Waals surface area (Å²) in [6, 6.07) is 6.82. The molecule has 0 spiro atoms. The number of ether oxygens (including phenoxy) is 2. The number of methoxy groups -OCH3 is 1. The number of piperidine rings is 1. The maximum Gasteiger partial charge on any atom is 0.433 e. The summed E-state index contributed by atoms with van der Waals surface area (Å²) in [4.78, 5) is 20.7. The van der Waals surface area contributed by atoms with E-state index in [9.17, 15) is 18.0 Å². The Kier molecular flexibility index (Phi) is 8.20. The van der Waals surface area contributed by atoms with E-state index in [4.69, 9.17) is 9.47 Å². The molecule has 0 saturated carbocycles. The van der Waals surface area contributed by atoms with Gasteiger partial charge in [0.2, 0.25) is 0 Å². The summed E-state index contributed by atoms with van der Waals surface area (Å²) < 4.78 is 49.5. The van der Waals surface area contributed by atoms with Crippen LogP contribution >= 0.6 is 0 Å². The first-order valence-corrected chi connectivity index (χ1v) is 12.5. The molecule has 6 nitrogen and oxygen atoms in total. The molecule has 2 atom stereocenters. The lowest BCUT2D eigenvalue weighted by molar-refractivity contribution is -0.141. The van der Waals surface area contributed by atoms with E-state index in [1.165, 1.54) is 17.2 Å². The average molecular weight is 506 g/mol. The van der Waals surface area contributed by atoms with Gasteiger partial charge in [-0.25, -0.2) is 0 Å². The molecule has 2 aliphatic rings. The van der Waals surface area contributed by atoms with Crippen LogP contribution in [0.4, 0.5) is 13.2 Å². The third-order valence-corrected chi connectivity index (χ3v) is 7.42. The second-order valence-corrected chi connectivity index (χ2v) is 9.62. The number of fused-ring (bicyclic) bond motifs is 1. The lowest BCUT2D eigenvalue weighted by atomic mass is 9.86. The largest absolute Gasteiger partial charge is 0.493 e. The predicted octanol–water partition coefficient (Wildman–Crippen LogP) is 5.18. The standard InChI is InChI=1S/C27H34F3N3O3/c1-18-19(2)24(36-15-5-14-35-3)10-9-22(18)23-7-4-6-21-17-32(12-13-33(21)23)26(34)20-8-11-25(31-16-20)27(28,29)30/h8-11,16,21,23H,4-7,12-15,17H2,1-3H3/t21-,23+/m0/s1. The summed E-state index contributed by atoms with van der Waals surface area (Å²) in [6.07, 6.45) is 0.462. The van der Waals surface area contributed by atoms with Gasteiger partial charge in [0, 0.05) is 58.1 Å². The highest BCUT2D eigenvalue weighted by atomic mass is 19.4. The van der Waals surface area contributed by atoms with Gasteiger partial charge in [0.25, 0.3) is 5.91 Å². The average Bonchev–Trinajstić information content (AvgIpc) is 2.87. The second-order valence-electron chi connectivity index (χ2n) is 9.62. The third kappa shape index (κ3) is 5.67. The third-order valence-electron chi connectivity index (χ3n) is 7.42. The highest BCUT2D eigenvalue weighted by molar-refractivity contribution is 5.94. The molecule has 2 aromatic rings. The number of carbonyl (C=O) groups is 1. The number of halogens is 3. The molecule has 2 fully saturated rings. The van der Waals surface area contributed by atoms with E-state index in [-0.39, 0.29) is 23.6 Å². The molecule has 0 bridgehead atoms. The van der Waals surface area contributed by atoms with E-state index in [1.807, 2.05) is 0 Å². The van der Waals surface area contributed by atoms with Gasteiger partial charge in [0.15, 0.2) is 0 Å². The SMILES string of the molecule is COCCCOc1ccc([C@H]2CCC[C@H]3CN(C(=O)c4ccc(C(F)(F)F)nc4)CCN32)c(C)c1C. The zero-order valence-electron chi connectivity index (χ0n) is 21.1. The van der Waals surface area contributed by atoms with Crippen LogP contribution in [0.3, 0.4) is 0 Å². The lowest BCUT2D eigenvalue weighted by Gasteiger charge is -2.48. The number of carbonyl (C=O) groups excluding carboxylic acids is 1. The second kappa shape index (κ2) is 11.2. The molecule has 36 heavy (non-hydrogen) atoms. The minimum Gasteiger partial charge on any atom is -0.493 e. The van der Waals surface area contributed by atoms with Crippen LogP contribution in [-0.4, -0.2) is 66.7 Å². The lowest BCUT2D eigenvalue weighted by Crippen LogP contribution is -2.57. The normalized spacial score (nSPS) is 20.8. The van der Waals surface area contributed by atoms with E-state index in [0.29, 0.717) is 26.3 Å². The fourth-order valence-electron chi connectivity index (χ4n) is 5.36. The summed E-state index contributed by atoms with van der Waals surface area (Å²) >= 11 is 0. The van der Waals surface area contributed by atoms with Gasteiger partial charge in [-0.15, -0.1) is 0 Å². The summed E-state index contributed by atoms with van der Waals surface area (Å²) in [5.74, 6) is 0.639. The summed E-state index contributed by atoms with van der Waals surface area (Å²) in [7, 11) is 1.68. The van der Waals surface area contributed by atoms with Crippen molar-refractivity contribution in [2.45, 2.75) is 57.8 Å².